The Morgan fingerprint density at radius 1 is 1.50 bits per heavy atom. The van der Waals surface area contributed by atoms with Crippen LogP contribution < -0.4 is 4.74 Å². The van der Waals surface area contributed by atoms with Crippen LogP contribution in [0.1, 0.15) is 10.4 Å². The number of halogens is 1. The zero-order chi connectivity index (χ0) is 11.9. The van der Waals surface area contributed by atoms with Crippen LogP contribution in [0.5, 0.6) is 5.88 Å². The molecule has 6 heteroatoms. The SMILES string of the molecule is COc1c(C(=O)O)c2cc(F)ccc2n1O. The minimum Gasteiger partial charge on any atom is -0.480 e. The fourth-order valence-electron chi connectivity index (χ4n) is 1.62. The Balaban J connectivity index is 2.92. The molecule has 2 N–H and O–H groups in total. The second-order valence-corrected chi connectivity index (χ2v) is 3.16. The molecule has 0 fully saturated rings. The number of aromatic carboxylic acids is 1. The minimum absolute atomic E-state index is 0.0897. The van der Waals surface area contributed by atoms with E-state index in [0.29, 0.717) is 4.73 Å². The van der Waals surface area contributed by atoms with Crippen LogP contribution in [0, 0.1) is 5.82 Å². The minimum atomic E-state index is -1.29. The summed E-state index contributed by atoms with van der Waals surface area (Å²) < 4.78 is 18.4. The number of methoxy groups -OCH3 is 1. The van der Waals surface area contributed by atoms with Gasteiger partial charge in [-0.05, 0) is 18.2 Å². The van der Waals surface area contributed by atoms with Crippen molar-refractivity contribution in [3.05, 3.63) is 29.6 Å². The summed E-state index contributed by atoms with van der Waals surface area (Å²) in [5.41, 5.74) is -0.0878. The number of fused-ring (bicyclic) bond motifs is 1. The van der Waals surface area contributed by atoms with Gasteiger partial charge >= 0.3 is 5.97 Å². The van der Waals surface area contributed by atoms with Gasteiger partial charge in [0.1, 0.15) is 11.4 Å². The largest absolute Gasteiger partial charge is 0.480 e. The van der Waals surface area contributed by atoms with Crippen molar-refractivity contribution < 1.29 is 24.2 Å². The number of ether oxygens (including phenoxy) is 1. The van der Waals surface area contributed by atoms with Crippen molar-refractivity contribution in [1.82, 2.24) is 4.73 Å². The summed E-state index contributed by atoms with van der Waals surface area (Å²) in [6, 6.07) is 3.44. The number of carbonyl (C=O) groups is 1. The lowest BCUT2D eigenvalue weighted by molar-refractivity contribution is 0.0689. The molecule has 5 nitrogen and oxygen atoms in total. The van der Waals surface area contributed by atoms with Crippen molar-refractivity contribution in [2.24, 2.45) is 0 Å². The first-order valence-corrected chi connectivity index (χ1v) is 4.36. The summed E-state index contributed by atoms with van der Waals surface area (Å²) in [7, 11) is 1.23. The van der Waals surface area contributed by atoms with Gasteiger partial charge in [-0.3, -0.25) is 0 Å². The van der Waals surface area contributed by atoms with Gasteiger partial charge < -0.3 is 15.1 Å². The molecule has 0 amide bonds. The highest BCUT2D eigenvalue weighted by molar-refractivity contribution is 6.06. The van der Waals surface area contributed by atoms with Crippen LogP contribution in [-0.2, 0) is 0 Å². The molecule has 1 aromatic heterocycles. The molecule has 0 aliphatic carbocycles. The zero-order valence-corrected chi connectivity index (χ0v) is 8.27. The molecule has 0 bridgehead atoms. The third-order valence-corrected chi connectivity index (χ3v) is 2.27. The molecule has 0 aliphatic rings. The Morgan fingerprint density at radius 3 is 2.75 bits per heavy atom. The van der Waals surface area contributed by atoms with Gasteiger partial charge in [-0.15, -0.1) is 0 Å². The highest BCUT2D eigenvalue weighted by atomic mass is 19.1. The quantitative estimate of drug-likeness (QED) is 0.763. The highest BCUT2D eigenvalue weighted by Crippen LogP contribution is 2.31. The van der Waals surface area contributed by atoms with Gasteiger partial charge in [0.15, 0.2) is 0 Å². The summed E-state index contributed by atoms with van der Waals surface area (Å²) in [4.78, 5) is 11.0. The Labute approximate surface area is 89.2 Å². The van der Waals surface area contributed by atoms with Crippen LogP contribution >= 0.6 is 0 Å². The predicted molar refractivity (Wildman–Crippen MR) is 52.6 cm³/mol. The van der Waals surface area contributed by atoms with E-state index >= 15 is 0 Å². The van der Waals surface area contributed by atoms with Crippen LogP contribution in [0.2, 0.25) is 0 Å². The van der Waals surface area contributed by atoms with Gasteiger partial charge in [0.2, 0.25) is 5.88 Å². The third kappa shape index (κ3) is 1.27. The topological polar surface area (TPSA) is 71.7 Å². The molecule has 0 aliphatic heterocycles. The van der Waals surface area contributed by atoms with E-state index in [9.17, 15) is 14.4 Å². The molecule has 2 aromatic rings. The second kappa shape index (κ2) is 3.41. The van der Waals surface area contributed by atoms with Gasteiger partial charge in [-0.1, -0.05) is 0 Å². The maximum absolute atomic E-state index is 13.0. The number of carboxylic acids is 1. The van der Waals surface area contributed by atoms with Crippen molar-refractivity contribution in [3.8, 4) is 5.88 Å². The fraction of sp³-hybridized carbons (Fsp3) is 0.100. The molecule has 0 atom stereocenters. The summed E-state index contributed by atoms with van der Waals surface area (Å²) >= 11 is 0. The second-order valence-electron chi connectivity index (χ2n) is 3.16. The van der Waals surface area contributed by atoms with E-state index in [-0.39, 0.29) is 22.3 Å². The predicted octanol–water partition coefficient (Wildman–Crippen LogP) is 1.72. The summed E-state index contributed by atoms with van der Waals surface area (Å²) in [6.45, 7) is 0. The van der Waals surface area contributed by atoms with E-state index in [0.717, 1.165) is 12.1 Å². The van der Waals surface area contributed by atoms with E-state index in [4.69, 9.17) is 9.84 Å². The first kappa shape index (κ1) is 10.3. The molecule has 2 rings (SSSR count). The lowest BCUT2D eigenvalue weighted by atomic mass is 10.1. The number of aromatic nitrogens is 1. The molecule has 0 saturated heterocycles. The molecule has 0 radical (unpaired) electrons. The summed E-state index contributed by atoms with van der Waals surface area (Å²) in [6.07, 6.45) is 0. The molecular weight excluding hydrogens is 217 g/mol. The smallest absolute Gasteiger partial charge is 0.341 e. The van der Waals surface area contributed by atoms with E-state index in [1.807, 2.05) is 0 Å². The summed E-state index contributed by atoms with van der Waals surface area (Å²) in [5, 5.41) is 18.7. The van der Waals surface area contributed by atoms with Gasteiger partial charge in [0.25, 0.3) is 0 Å². The number of hydrogen-bond donors (Lipinski definition) is 2. The van der Waals surface area contributed by atoms with Crippen LogP contribution in [0.3, 0.4) is 0 Å². The van der Waals surface area contributed by atoms with Gasteiger partial charge in [-0.25, -0.2) is 9.18 Å². The van der Waals surface area contributed by atoms with E-state index < -0.39 is 11.8 Å². The third-order valence-electron chi connectivity index (χ3n) is 2.27. The van der Waals surface area contributed by atoms with Gasteiger partial charge in [0.05, 0.1) is 12.6 Å². The molecular formula is C10H8FNO4. The number of rotatable bonds is 2. The monoisotopic (exact) mass is 225 g/mol. The van der Waals surface area contributed by atoms with Gasteiger partial charge in [0, 0.05) is 5.39 Å². The lowest BCUT2D eigenvalue weighted by Crippen LogP contribution is -2.01. The molecule has 84 valence electrons. The Bertz CT molecular complexity index is 576. The van der Waals surface area contributed by atoms with Gasteiger partial charge in [-0.2, -0.15) is 4.73 Å². The van der Waals surface area contributed by atoms with E-state index in [1.165, 1.54) is 13.2 Å². The van der Waals surface area contributed by atoms with Crippen molar-refractivity contribution in [2.75, 3.05) is 7.11 Å². The molecule has 0 unspecified atom stereocenters. The molecule has 1 heterocycles. The van der Waals surface area contributed by atoms with Crippen molar-refractivity contribution in [1.29, 1.82) is 0 Å². The number of benzene rings is 1. The van der Waals surface area contributed by atoms with Crippen molar-refractivity contribution in [3.63, 3.8) is 0 Å². The zero-order valence-electron chi connectivity index (χ0n) is 8.27. The number of hydrogen-bond acceptors (Lipinski definition) is 3. The lowest BCUT2D eigenvalue weighted by Gasteiger charge is -2.00. The standard InChI is InChI=1S/C10H8FNO4/c1-16-9-8(10(13)14)6-4-5(11)2-3-7(6)12(9)15/h2-4,15H,1H3,(H,13,14). The first-order valence-electron chi connectivity index (χ1n) is 4.36. The number of carboxylic acid groups (broad SMARTS) is 1. The molecule has 16 heavy (non-hydrogen) atoms. The highest BCUT2D eigenvalue weighted by Gasteiger charge is 2.23. The van der Waals surface area contributed by atoms with Crippen LogP contribution in [0.15, 0.2) is 18.2 Å². The average molecular weight is 225 g/mol. The van der Waals surface area contributed by atoms with Crippen molar-refractivity contribution in [2.45, 2.75) is 0 Å². The normalized spacial score (nSPS) is 10.6. The molecule has 0 spiro atoms. The van der Waals surface area contributed by atoms with Crippen LogP contribution in [0.4, 0.5) is 4.39 Å². The van der Waals surface area contributed by atoms with E-state index in [1.54, 1.807) is 0 Å². The first-order chi connectivity index (χ1) is 7.56. The van der Waals surface area contributed by atoms with Crippen molar-refractivity contribution >= 4 is 16.9 Å². The van der Waals surface area contributed by atoms with Crippen LogP contribution in [-0.4, -0.2) is 28.1 Å². The Hall–Kier alpha value is -2.24. The molecule has 1 aromatic carbocycles. The summed E-state index contributed by atoms with van der Waals surface area (Å²) in [5.74, 6) is -2.10. The molecule has 0 saturated carbocycles. The average Bonchev–Trinajstić information content (AvgIpc) is 2.50. The fourth-order valence-corrected chi connectivity index (χ4v) is 1.62. The Kier molecular flexibility index (Phi) is 2.19. The van der Waals surface area contributed by atoms with E-state index in [2.05, 4.69) is 0 Å². The number of nitrogens with zero attached hydrogens (tertiary/aromatic N) is 1. The maximum Gasteiger partial charge on any atom is 0.341 e. The Morgan fingerprint density at radius 2 is 2.19 bits per heavy atom. The van der Waals surface area contributed by atoms with Crippen LogP contribution in [0.25, 0.3) is 10.9 Å². The maximum atomic E-state index is 13.0.